The lowest BCUT2D eigenvalue weighted by Crippen LogP contribution is -2.36. The maximum Gasteiger partial charge on any atom is 0.288 e. The van der Waals surface area contributed by atoms with Crippen molar-refractivity contribution in [3.05, 3.63) is 46.6 Å². The summed E-state index contributed by atoms with van der Waals surface area (Å²) < 4.78 is 7.37. The molecule has 3 heterocycles. The Balaban J connectivity index is 1.29. The number of hydrogen-bond donors (Lipinski definition) is 0. The largest absolute Gasteiger partial charge is 0.412 e. The van der Waals surface area contributed by atoms with Crippen LogP contribution >= 0.6 is 12.2 Å². The minimum Gasteiger partial charge on any atom is -0.412 e. The molecule has 4 rings (SSSR count). The Hall–Kier alpha value is -1.99. The number of nitrogens with zero attached hydrogens (tertiary/aromatic N) is 4. The molecule has 1 aromatic carbocycles. The lowest BCUT2D eigenvalue weighted by Gasteiger charge is -2.31. The molecule has 0 unspecified atom stereocenters. The first-order valence-corrected chi connectivity index (χ1v) is 10.2. The fourth-order valence-electron chi connectivity index (χ4n) is 4.01. The molecule has 144 valence electrons. The Kier molecular flexibility index (Phi) is 5.69. The predicted octanol–water partition coefficient (Wildman–Crippen LogP) is 3.24. The molecule has 0 radical (unpaired) electrons. The molecule has 0 bridgehead atoms. The molecule has 2 saturated heterocycles. The number of hydrogen-bond acceptors (Lipinski definition) is 5. The summed E-state index contributed by atoms with van der Waals surface area (Å²) in [6, 6.07) is 10.7. The third-order valence-corrected chi connectivity index (χ3v) is 5.85. The van der Waals surface area contributed by atoms with E-state index in [0.29, 0.717) is 30.4 Å². The van der Waals surface area contributed by atoms with Gasteiger partial charge in [0.05, 0.1) is 13.2 Å². The molecular weight excluding hydrogens is 360 g/mol. The van der Waals surface area contributed by atoms with Crippen molar-refractivity contribution in [2.45, 2.75) is 45.3 Å². The summed E-state index contributed by atoms with van der Waals surface area (Å²) in [5, 5.41) is 4.50. The van der Waals surface area contributed by atoms with Crippen molar-refractivity contribution in [3.63, 3.8) is 0 Å². The average Bonchev–Trinajstić information content (AvgIpc) is 3.23. The van der Waals surface area contributed by atoms with E-state index in [1.807, 2.05) is 0 Å². The number of carbonyl (C=O) groups excluding carboxylic acids is 1. The molecule has 2 aromatic rings. The third kappa shape index (κ3) is 4.65. The Morgan fingerprint density at radius 2 is 1.93 bits per heavy atom. The Labute approximate surface area is 164 Å². The van der Waals surface area contributed by atoms with E-state index in [4.69, 9.17) is 16.6 Å². The Morgan fingerprint density at radius 1 is 1.15 bits per heavy atom. The second kappa shape index (κ2) is 8.35. The van der Waals surface area contributed by atoms with Gasteiger partial charge < -0.3 is 9.32 Å². The van der Waals surface area contributed by atoms with E-state index in [-0.39, 0.29) is 5.91 Å². The summed E-state index contributed by atoms with van der Waals surface area (Å²) in [5.74, 6) is 1.45. The molecule has 2 fully saturated rings. The van der Waals surface area contributed by atoms with E-state index in [0.717, 1.165) is 38.4 Å². The van der Waals surface area contributed by atoms with Gasteiger partial charge in [0.25, 0.3) is 4.84 Å². The van der Waals surface area contributed by atoms with Crippen molar-refractivity contribution < 1.29 is 9.21 Å². The summed E-state index contributed by atoms with van der Waals surface area (Å²) in [6.07, 6.45) is 5.08. The van der Waals surface area contributed by atoms with Crippen LogP contribution in [0.4, 0.5) is 0 Å². The van der Waals surface area contributed by atoms with Crippen LogP contribution in [0.15, 0.2) is 34.7 Å². The summed E-state index contributed by atoms with van der Waals surface area (Å²) >= 11 is 5.33. The fourth-order valence-corrected chi connectivity index (χ4v) is 4.20. The minimum atomic E-state index is 0.172. The van der Waals surface area contributed by atoms with Gasteiger partial charge in [-0.15, -0.1) is 5.10 Å². The highest BCUT2D eigenvalue weighted by atomic mass is 32.1. The summed E-state index contributed by atoms with van der Waals surface area (Å²) in [5.41, 5.74) is 1.43. The quantitative estimate of drug-likeness (QED) is 0.714. The zero-order chi connectivity index (χ0) is 18.6. The molecular formula is C20H26N4O2S. The third-order valence-electron chi connectivity index (χ3n) is 5.55. The van der Waals surface area contributed by atoms with Crippen LogP contribution in [0.2, 0.25) is 0 Å². The van der Waals surface area contributed by atoms with Gasteiger partial charge >= 0.3 is 0 Å². The SMILES string of the molecule is O=C1CCCN1Cc1nn(CN2CCC(Cc3ccccc3)CC2)c(=S)o1. The maximum atomic E-state index is 11.8. The Morgan fingerprint density at radius 3 is 2.63 bits per heavy atom. The van der Waals surface area contributed by atoms with Crippen LogP contribution in [-0.2, 0) is 24.4 Å². The number of likely N-dealkylation sites (tertiary alicyclic amines) is 2. The molecule has 0 aliphatic carbocycles. The van der Waals surface area contributed by atoms with Gasteiger partial charge in [-0.25, -0.2) is 4.68 Å². The first-order chi connectivity index (χ1) is 13.2. The topological polar surface area (TPSA) is 54.5 Å². The van der Waals surface area contributed by atoms with Gasteiger partial charge in [-0.3, -0.25) is 9.69 Å². The maximum absolute atomic E-state index is 11.8. The van der Waals surface area contributed by atoms with Gasteiger partial charge in [0.1, 0.15) is 0 Å². The highest BCUT2D eigenvalue weighted by Crippen LogP contribution is 2.22. The Bertz CT molecular complexity index is 824. The second-order valence-electron chi connectivity index (χ2n) is 7.57. The number of piperidine rings is 1. The molecule has 6 nitrogen and oxygen atoms in total. The highest BCUT2D eigenvalue weighted by Gasteiger charge is 2.23. The molecule has 0 atom stereocenters. The molecule has 1 amide bonds. The van der Waals surface area contributed by atoms with Crippen molar-refractivity contribution in [3.8, 4) is 0 Å². The average molecular weight is 387 g/mol. The zero-order valence-corrected chi connectivity index (χ0v) is 16.4. The molecule has 2 aliphatic rings. The van der Waals surface area contributed by atoms with Crippen LogP contribution in [-0.4, -0.2) is 45.1 Å². The van der Waals surface area contributed by atoms with Crippen LogP contribution in [0.3, 0.4) is 0 Å². The second-order valence-corrected chi connectivity index (χ2v) is 7.92. The summed E-state index contributed by atoms with van der Waals surface area (Å²) in [6.45, 7) is 3.96. The van der Waals surface area contributed by atoms with E-state index in [9.17, 15) is 4.79 Å². The van der Waals surface area contributed by atoms with Gasteiger partial charge in [0.2, 0.25) is 11.8 Å². The van der Waals surface area contributed by atoms with E-state index in [1.54, 1.807) is 9.58 Å². The number of amides is 1. The van der Waals surface area contributed by atoms with Crippen LogP contribution < -0.4 is 0 Å². The van der Waals surface area contributed by atoms with Gasteiger partial charge in [0, 0.05) is 26.1 Å². The van der Waals surface area contributed by atoms with E-state index >= 15 is 0 Å². The fraction of sp³-hybridized carbons (Fsp3) is 0.550. The van der Waals surface area contributed by atoms with Crippen LogP contribution in [0.5, 0.6) is 0 Å². The van der Waals surface area contributed by atoms with Crippen molar-refractivity contribution >= 4 is 18.1 Å². The van der Waals surface area contributed by atoms with Gasteiger partial charge in [-0.2, -0.15) is 0 Å². The monoisotopic (exact) mass is 386 g/mol. The molecule has 1 aromatic heterocycles. The first-order valence-electron chi connectivity index (χ1n) is 9.78. The van der Waals surface area contributed by atoms with Gasteiger partial charge in [-0.05, 0) is 49.4 Å². The van der Waals surface area contributed by atoms with Crippen molar-refractivity contribution in [1.29, 1.82) is 0 Å². The normalized spacial score (nSPS) is 19.1. The minimum absolute atomic E-state index is 0.172. The number of aromatic nitrogens is 2. The standard InChI is InChI=1S/C20H26N4O2S/c25-19-7-4-10-23(19)14-18-21-24(20(27)26-18)15-22-11-8-17(9-12-22)13-16-5-2-1-3-6-16/h1-3,5-6,17H,4,7-15H2. The first kappa shape index (κ1) is 18.4. The van der Waals surface area contributed by atoms with E-state index in [2.05, 4.69) is 40.3 Å². The van der Waals surface area contributed by atoms with Gasteiger partial charge in [0.15, 0.2) is 0 Å². The highest BCUT2D eigenvalue weighted by molar-refractivity contribution is 7.71. The van der Waals surface area contributed by atoms with E-state index in [1.165, 1.54) is 18.4 Å². The molecule has 0 N–H and O–H groups in total. The van der Waals surface area contributed by atoms with Crippen LogP contribution in [0.25, 0.3) is 0 Å². The number of carbonyl (C=O) groups is 1. The van der Waals surface area contributed by atoms with E-state index < -0.39 is 0 Å². The molecule has 27 heavy (non-hydrogen) atoms. The zero-order valence-electron chi connectivity index (χ0n) is 15.5. The summed E-state index contributed by atoms with van der Waals surface area (Å²) in [7, 11) is 0. The lowest BCUT2D eigenvalue weighted by atomic mass is 9.90. The van der Waals surface area contributed by atoms with Gasteiger partial charge in [-0.1, -0.05) is 30.3 Å². The molecule has 7 heteroatoms. The lowest BCUT2D eigenvalue weighted by molar-refractivity contribution is -0.128. The van der Waals surface area contributed by atoms with Crippen LogP contribution in [0, 0.1) is 10.8 Å². The predicted molar refractivity (Wildman–Crippen MR) is 104 cm³/mol. The number of rotatable bonds is 6. The smallest absolute Gasteiger partial charge is 0.288 e. The van der Waals surface area contributed by atoms with Crippen LogP contribution in [0.1, 0.15) is 37.1 Å². The molecule has 0 spiro atoms. The van der Waals surface area contributed by atoms with Crippen molar-refractivity contribution in [1.82, 2.24) is 19.6 Å². The van der Waals surface area contributed by atoms with Crippen molar-refractivity contribution in [2.24, 2.45) is 5.92 Å². The summed E-state index contributed by atoms with van der Waals surface area (Å²) in [4.78, 5) is 16.3. The molecule has 0 saturated carbocycles. The number of benzene rings is 1. The molecule has 2 aliphatic heterocycles. The van der Waals surface area contributed by atoms with Crippen molar-refractivity contribution in [2.75, 3.05) is 19.6 Å².